The molecule has 8 heteroatoms. The SMILES string of the molecule is CC(C)(C)NC(=O)C1CCCN1c1nnc(N2CCCC2=O)s1. The van der Waals surface area contributed by atoms with Crippen molar-refractivity contribution in [1.82, 2.24) is 15.5 Å². The van der Waals surface area contributed by atoms with Gasteiger partial charge >= 0.3 is 0 Å². The molecule has 3 rings (SSSR count). The van der Waals surface area contributed by atoms with Crippen LogP contribution in [0.15, 0.2) is 0 Å². The quantitative estimate of drug-likeness (QED) is 0.905. The molecular weight excluding hydrogens is 314 g/mol. The number of nitrogens with one attached hydrogen (secondary N) is 1. The van der Waals surface area contributed by atoms with Crippen molar-refractivity contribution in [3.8, 4) is 0 Å². The van der Waals surface area contributed by atoms with Crippen molar-refractivity contribution >= 4 is 33.4 Å². The van der Waals surface area contributed by atoms with E-state index in [0.717, 1.165) is 30.9 Å². The lowest BCUT2D eigenvalue weighted by atomic mass is 10.1. The Morgan fingerprint density at radius 1 is 1.22 bits per heavy atom. The summed E-state index contributed by atoms with van der Waals surface area (Å²) in [6.07, 6.45) is 3.22. The fourth-order valence-electron chi connectivity index (χ4n) is 3.00. The predicted octanol–water partition coefficient (Wildman–Crippen LogP) is 1.55. The van der Waals surface area contributed by atoms with Gasteiger partial charge in [-0.25, -0.2) is 0 Å². The second-order valence-corrected chi connectivity index (χ2v) is 8.04. The number of rotatable bonds is 3. The normalized spacial score (nSPS) is 22.0. The molecule has 2 aliphatic rings. The van der Waals surface area contributed by atoms with Crippen molar-refractivity contribution in [2.45, 2.75) is 58.0 Å². The highest BCUT2D eigenvalue weighted by molar-refractivity contribution is 7.19. The van der Waals surface area contributed by atoms with E-state index in [9.17, 15) is 9.59 Å². The highest BCUT2D eigenvalue weighted by atomic mass is 32.1. The number of hydrogen-bond acceptors (Lipinski definition) is 6. The molecule has 1 aromatic rings. The highest BCUT2D eigenvalue weighted by Crippen LogP contribution is 2.33. The molecule has 0 aromatic carbocycles. The van der Waals surface area contributed by atoms with Crippen molar-refractivity contribution in [3.05, 3.63) is 0 Å². The number of aromatic nitrogens is 2. The predicted molar refractivity (Wildman–Crippen MR) is 89.8 cm³/mol. The molecule has 0 spiro atoms. The molecule has 0 bridgehead atoms. The standard InChI is InChI=1S/C15H23N5O2S/c1-15(2,3)16-12(22)10-6-4-8-19(10)13-17-18-14(23-13)20-9-5-7-11(20)21/h10H,4-9H2,1-3H3,(H,16,22). The molecule has 0 saturated carbocycles. The first kappa shape index (κ1) is 16.2. The Labute approximate surface area is 140 Å². The van der Waals surface area contributed by atoms with Crippen LogP contribution >= 0.6 is 11.3 Å². The van der Waals surface area contributed by atoms with Gasteiger partial charge in [-0.3, -0.25) is 14.5 Å². The van der Waals surface area contributed by atoms with Gasteiger partial charge in [0.2, 0.25) is 22.1 Å². The third-order valence-corrected chi connectivity index (χ3v) is 4.99. The van der Waals surface area contributed by atoms with Crippen molar-refractivity contribution < 1.29 is 9.59 Å². The Morgan fingerprint density at radius 2 is 1.96 bits per heavy atom. The van der Waals surface area contributed by atoms with E-state index >= 15 is 0 Å². The molecule has 0 radical (unpaired) electrons. The van der Waals surface area contributed by atoms with E-state index in [2.05, 4.69) is 15.5 Å². The summed E-state index contributed by atoms with van der Waals surface area (Å²) in [7, 11) is 0. The molecule has 1 atom stereocenters. The molecule has 1 N–H and O–H groups in total. The van der Waals surface area contributed by atoms with Gasteiger partial charge in [0, 0.05) is 25.0 Å². The maximum Gasteiger partial charge on any atom is 0.243 e. The highest BCUT2D eigenvalue weighted by Gasteiger charge is 2.35. The average Bonchev–Trinajstić information content (AvgIpc) is 3.15. The second-order valence-electron chi connectivity index (χ2n) is 7.11. The van der Waals surface area contributed by atoms with Crippen molar-refractivity contribution in [3.63, 3.8) is 0 Å². The second kappa shape index (κ2) is 6.07. The molecule has 2 saturated heterocycles. The maximum absolute atomic E-state index is 12.5. The molecule has 1 aromatic heterocycles. The van der Waals surface area contributed by atoms with Crippen LogP contribution in [0.5, 0.6) is 0 Å². The monoisotopic (exact) mass is 337 g/mol. The zero-order valence-electron chi connectivity index (χ0n) is 13.8. The van der Waals surface area contributed by atoms with Crippen molar-refractivity contribution in [1.29, 1.82) is 0 Å². The van der Waals surface area contributed by atoms with E-state index in [1.54, 1.807) is 4.90 Å². The van der Waals surface area contributed by atoms with E-state index in [1.165, 1.54) is 11.3 Å². The molecule has 0 aliphatic carbocycles. The molecule has 2 amide bonds. The smallest absolute Gasteiger partial charge is 0.243 e. The fourth-order valence-corrected chi connectivity index (χ4v) is 3.97. The van der Waals surface area contributed by atoms with Crippen LogP contribution in [0.1, 0.15) is 46.5 Å². The molecular formula is C15H23N5O2S. The van der Waals surface area contributed by atoms with Gasteiger partial charge in [0.15, 0.2) is 0 Å². The number of nitrogens with zero attached hydrogens (tertiary/aromatic N) is 4. The number of carbonyl (C=O) groups is 2. The topological polar surface area (TPSA) is 78.4 Å². The van der Waals surface area contributed by atoms with Crippen LogP contribution in [0.25, 0.3) is 0 Å². The van der Waals surface area contributed by atoms with Crippen molar-refractivity contribution in [2.75, 3.05) is 22.9 Å². The first-order valence-electron chi connectivity index (χ1n) is 8.08. The first-order chi connectivity index (χ1) is 10.8. The summed E-state index contributed by atoms with van der Waals surface area (Å²) in [5, 5.41) is 12.8. The van der Waals surface area contributed by atoms with E-state index < -0.39 is 0 Å². The summed E-state index contributed by atoms with van der Waals surface area (Å²) in [5.41, 5.74) is -0.250. The lowest BCUT2D eigenvalue weighted by molar-refractivity contribution is -0.123. The van der Waals surface area contributed by atoms with E-state index in [-0.39, 0.29) is 23.4 Å². The van der Waals surface area contributed by atoms with Crippen LogP contribution < -0.4 is 15.1 Å². The molecule has 1 unspecified atom stereocenters. The van der Waals surface area contributed by atoms with Crippen molar-refractivity contribution in [2.24, 2.45) is 0 Å². The van der Waals surface area contributed by atoms with Gasteiger partial charge in [-0.05, 0) is 40.0 Å². The first-order valence-corrected chi connectivity index (χ1v) is 8.89. The van der Waals surface area contributed by atoms with E-state index in [0.29, 0.717) is 18.1 Å². The van der Waals surface area contributed by atoms with Crippen LogP contribution in [0.4, 0.5) is 10.3 Å². The zero-order chi connectivity index (χ0) is 16.6. The van der Waals surface area contributed by atoms with Gasteiger partial charge in [-0.1, -0.05) is 11.3 Å². The van der Waals surface area contributed by atoms with Gasteiger partial charge in [0.25, 0.3) is 0 Å². The van der Waals surface area contributed by atoms with Gasteiger partial charge in [0.05, 0.1) is 0 Å². The number of amides is 2. The van der Waals surface area contributed by atoms with Gasteiger partial charge in [0.1, 0.15) is 6.04 Å². The molecule has 2 fully saturated rings. The summed E-state index contributed by atoms with van der Waals surface area (Å²) in [6, 6.07) is -0.204. The number of anilines is 2. The summed E-state index contributed by atoms with van der Waals surface area (Å²) in [6.45, 7) is 7.44. The number of carbonyl (C=O) groups excluding carboxylic acids is 2. The summed E-state index contributed by atoms with van der Waals surface area (Å²) < 4.78 is 0. The minimum atomic E-state index is -0.250. The summed E-state index contributed by atoms with van der Waals surface area (Å²) >= 11 is 1.40. The lowest BCUT2D eigenvalue weighted by Gasteiger charge is -2.27. The average molecular weight is 337 g/mol. The molecule has 23 heavy (non-hydrogen) atoms. The Balaban J connectivity index is 1.74. The van der Waals surface area contributed by atoms with Crippen LogP contribution in [0.3, 0.4) is 0 Å². The van der Waals surface area contributed by atoms with Crippen LogP contribution in [-0.2, 0) is 9.59 Å². The third kappa shape index (κ3) is 3.46. The number of hydrogen-bond donors (Lipinski definition) is 1. The molecule has 3 heterocycles. The Morgan fingerprint density at radius 3 is 2.61 bits per heavy atom. The minimum Gasteiger partial charge on any atom is -0.350 e. The van der Waals surface area contributed by atoms with Crippen LogP contribution in [0.2, 0.25) is 0 Å². The van der Waals surface area contributed by atoms with E-state index in [4.69, 9.17) is 0 Å². The zero-order valence-corrected chi connectivity index (χ0v) is 14.7. The fraction of sp³-hybridized carbons (Fsp3) is 0.733. The summed E-state index contributed by atoms with van der Waals surface area (Å²) in [5.74, 6) is 0.139. The summed E-state index contributed by atoms with van der Waals surface area (Å²) in [4.78, 5) is 28.0. The Kier molecular flexibility index (Phi) is 4.27. The lowest BCUT2D eigenvalue weighted by Crippen LogP contribution is -2.50. The van der Waals surface area contributed by atoms with Gasteiger partial charge in [-0.15, -0.1) is 10.2 Å². The van der Waals surface area contributed by atoms with Gasteiger partial charge in [-0.2, -0.15) is 0 Å². The third-order valence-electron chi connectivity index (χ3n) is 4.01. The largest absolute Gasteiger partial charge is 0.350 e. The Hall–Kier alpha value is -1.70. The molecule has 2 aliphatic heterocycles. The molecule has 126 valence electrons. The Bertz CT molecular complexity index is 609. The van der Waals surface area contributed by atoms with Crippen LogP contribution in [0, 0.1) is 0 Å². The van der Waals surface area contributed by atoms with Gasteiger partial charge < -0.3 is 10.2 Å². The van der Waals surface area contributed by atoms with Crippen LogP contribution in [-0.4, -0.2) is 46.7 Å². The van der Waals surface area contributed by atoms with E-state index in [1.807, 2.05) is 25.7 Å². The minimum absolute atomic E-state index is 0.0315. The molecule has 7 nitrogen and oxygen atoms in total. The maximum atomic E-state index is 12.5.